The molecule has 1 aliphatic rings. The Labute approximate surface area is 198 Å². The highest BCUT2D eigenvalue weighted by atomic mass is 35.5. The van der Waals surface area contributed by atoms with Crippen molar-refractivity contribution in [2.45, 2.75) is 32.9 Å². The predicted octanol–water partition coefficient (Wildman–Crippen LogP) is 5.15. The molecule has 1 amide bonds. The van der Waals surface area contributed by atoms with Crippen molar-refractivity contribution in [2.24, 2.45) is 13.0 Å². The highest BCUT2D eigenvalue weighted by molar-refractivity contribution is 7.80. The summed E-state index contributed by atoms with van der Waals surface area (Å²) in [5, 5.41) is 7.39. The van der Waals surface area contributed by atoms with E-state index in [2.05, 4.69) is 51.2 Å². The molecule has 0 bridgehead atoms. The SMILES string of the molecule is Cc1ccc([C@@H]2[C@H](c3ccccn3)NC(=S)N2c2ccc(NC(=O)C(C)C)c(Cl)c2)n1C. The molecule has 0 aliphatic carbocycles. The van der Waals surface area contributed by atoms with Crippen LogP contribution < -0.4 is 15.5 Å². The third-order valence-electron chi connectivity index (χ3n) is 5.83. The Morgan fingerprint density at radius 2 is 2.00 bits per heavy atom. The molecule has 6 nitrogen and oxygen atoms in total. The third kappa shape index (κ3) is 4.10. The number of nitrogens with zero attached hydrogens (tertiary/aromatic N) is 3. The molecular formula is C24H26ClN5OS. The minimum atomic E-state index is -0.134. The molecule has 0 radical (unpaired) electrons. The largest absolute Gasteiger partial charge is 0.351 e. The van der Waals surface area contributed by atoms with Crippen molar-refractivity contribution < 1.29 is 4.79 Å². The summed E-state index contributed by atoms with van der Waals surface area (Å²) < 4.78 is 2.17. The lowest BCUT2D eigenvalue weighted by Crippen LogP contribution is -2.30. The summed E-state index contributed by atoms with van der Waals surface area (Å²) in [6.07, 6.45) is 1.79. The Kier molecular flexibility index (Phi) is 6.22. The molecule has 2 N–H and O–H groups in total. The Bertz CT molecular complexity index is 1160. The molecule has 0 unspecified atom stereocenters. The molecule has 1 fully saturated rings. The summed E-state index contributed by atoms with van der Waals surface area (Å²) in [5.41, 5.74) is 4.60. The second-order valence-electron chi connectivity index (χ2n) is 8.26. The van der Waals surface area contributed by atoms with Gasteiger partial charge >= 0.3 is 0 Å². The van der Waals surface area contributed by atoms with Crippen LogP contribution in [0.2, 0.25) is 5.02 Å². The number of halogens is 1. The summed E-state index contributed by atoms with van der Waals surface area (Å²) >= 11 is 12.3. The van der Waals surface area contributed by atoms with Crippen LogP contribution in [0.3, 0.4) is 0 Å². The lowest BCUT2D eigenvalue weighted by molar-refractivity contribution is -0.118. The van der Waals surface area contributed by atoms with E-state index in [1.165, 1.54) is 0 Å². The Morgan fingerprint density at radius 1 is 1.22 bits per heavy atom. The average molecular weight is 468 g/mol. The molecule has 166 valence electrons. The zero-order valence-electron chi connectivity index (χ0n) is 18.5. The number of aromatic nitrogens is 2. The van der Waals surface area contributed by atoms with Crippen molar-refractivity contribution in [1.82, 2.24) is 14.9 Å². The van der Waals surface area contributed by atoms with Gasteiger partial charge in [-0.1, -0.05) is 31.5 Å². The van der Waals surface area contributed by atoms with E-state index in [0.29, 0.717) is 15.8 Å². The normalized spacial score (nSPS) is 18.2. The van der Waals surface area contributed by atoms with Gasteiger partial charge in [-0.05, 0) is 61.6 Å². The monoisotopic (exact) mass is 467 g/mol. The second-order valence-corrected chi connectivity index (χ2v) is 9.06. The van der Waals surface area contributed by atoms with Crippen LogP contribution in [0.4, 0.5) is 11.4 Å². The van der Waals surface area contributed by atoms with Crippen molar-refractivity contribution in [3.63, 3.8) is 0 Å². The number of amides is 1. The molecule has 0 saturated carbocycles. The lowest BCUT2D eigenvalue weighted by Gasteiger charge is -2.29. The predicted molar refractivity (Wildman–Crippen MR) is 133 cm³/mol. The van der Waals surface area contributed by atoms with Crippen molar-refractivity contribution in [3.05, 3.63) is 76.8 Å². The van der Waals surface area contributed by atoms with E-state index >= 15 is 0 Å². The summed E-state index contributed by atoms with van der Waals surface area (Å²) in [5.74, 6) is -0.212. The highest BCUT2D eigenvalue weighted by Crippen LogP contribution is 2.43. The summed E-state index contributed by atoms with van der Waals surface area (Å²) in [6, 6.07) is 15.4. The second kappa shape index (κ2) is 8.92. The molecule has 32 heavy (non-hydrogen) atoms. The molecular weight excluding hydrogens is 442 g/mol. The molecule has 3 heterocycles. The van der Waals surface area contributed by atoms with Gasteiger partial charge in [-0.25, -0.2) is 0 Å². The first-order valence-electron chi connectivity index (χ1n) is 10.5. The molecule has 4 rings (SSSR count). The van der Waals surface area contributed by atoms with Gasteiger partial charge in [0.15, 0.2) is 5.11 Å². The van der Waals surface area contributed by atoms with E-state index in [4.69, 9.17) is 23.8 Å². The molecule has 1 aromatic carbocycles. The quantitative estimate of drug-likeness (QED) is 0.508. The Hall–Kier alpha value is -2.90. The van der Waals surface area contributed by atoms with Crippen molar-refractivity contribution >= 4 is 46.2 Å². The van der Waals surface area contributed by atoms with Crippen LogP contribution in [-0.4, -0.2) is 20.6 Å². The highest BCUT2D eigenvalue weighted by Gasteiger charge is 2.42. The molecule has 2 aromatic heterocycles. The Balaban J connectivity index is 1.76. The van der Waals surface area contributed by atoms with Crippen LogP contribution in [0, 0.1) is 12.8 Å². The first-order valence-corrected chi connectivity index (χ1v) is 11.3. The zero-order chi connectivity index (χ0) is 23.0. The number of anilines is 2. The van der Waals surface area contributed by atoms with Gasteiger partial charge in [0.1, 0.15) is 6.04 Å². The molecule has 3 aromatic rings. The number of carbonyl (C=O) groups excluding carboxylic acids is 1. The number of carbonyl (C=O) groups is 1. The first kappa shape index (κ1) is 22.3. The summed E-state index contributed by atoms with van der Waals surface area (Å²) in [7, 11) is 2.05. The molecule has 8 heteroatoms. The number of rotatable bonds is 5. The smallest absolute Gasteiger partial charge is 0.226 e. The number of pyridine rings is 1. The van der Waals surface area contributed by atoms with Crippen LogP contribution in [0.5, 0.6) is 0 Å². The van der Waals surface area contributed by atoms with Crippen LogP contribution in [0.15, 0.2) is 54.7 Å². The fraction of sp³-hybridized carbons (Fsp3) is 0.292. The van der Waals surface area contributed by atoms with Crippen LogP contribution in [0.25, 0.3) is 0 Å². The maximum absolute atomic E-state index is 12.1. The number of hydrogen-bond acceptors (Lipinski definition) is 3. The molecule has 1 saturated heterocycles. The van der Waals surface area contributed by atoms with Crippen molar-refractivity contribution in [1.29, 1.82) is 0 Å². The zero-order valence-corrected chi connectivity index (χ0v) is 20.0. The van der Waals surface area contributed by atoms with Gasteiger partial charge in [-0.15, -0.1) is 0 Å². The van der Waals surface area contributed by atoms with Gasteiger partial charge < -0.3 is 20.1 Å². The fourth-order valence-electron chi connectivity index (χ4n) is 3.90. The van der Waals surface area contributed by atoms with E-state index in [0.717, 1.165) is 22.8 Å². The van der Waals surface area contributed by atoms with E-state index in [1.54, 1.807) is 6.20 Å². The van der Waals surface area contributed by atoms with Crippen molar-refractivity contribution in [2.75, 3.05) is 10.2 Å². The number of benzene rings is 1. The number of thiocarbonyl (C=S) groups is 1. The van der Waals surface area contributed by atoms with Gasteiger partial charge in [0.05, 0.1) is 22.4 Å². The third-order valence-corrected chi connectivity index (χ3v) is 6.45. The average Bonchev–Trinajstić information content (AvgIpc) is 3.28. The minimum absolute atomic E-state index is 0.0783. The maximum Gasteiger partial charge on any atom is 0.226 e. The van der Waals surface area contributed by atoms with Gasteiger partial charge in [0.2, 0.25) is 5.91 Å². The van der Waals surface area contributed by atoms with Crippen LogP contribution >= 0.6 is 23.8 Å². The summed E-state index contributed by atoms with van der Waals surface area (Å²) in [6.45, 7) is 5.76. The molecule has 0 spiro atoms. The number of hydrogen-bond donors (Lipinski definition) is 2. The minimum Gasteiger partial charge on any atom is -0.351 e. The first-order chi connectivity index (χ1) is 15.3. The Morgan fingerprint density at radius 3 is 2.59 bits per heavy atom. The van der Waals surface area contributed by atoms with Gasteiger partial charge in [-0.3, -0.25) is 9.78 Å². The molecule has 1 aliphatic heterocycles. The standard InChI is InChI=1S/C24H26ClN5OS/c1-14(2)23(31)27-18-10-9-16(13-17(18)25)30-22(20-11-8-15(3)29(20)4)21(28-24(30)32)19-7-5-6-12-26-19/h5-14,21-22H,1-4H3,(H,27,31)(H,28,32)/t21-,22+/m0/s1. The van der Waals surface area contributed by atoms with Crippen LogP contribution in [-0.2, 0) is 11.8 Å². The van der Waals surface area contributed by atoms with Crippen molar-refractivity contribution in [3.8, 4) is 0 Å². The van der Waals surface area contributed by atoms with E-state index in [-0.39, 0.29) is 23.9 Å². The van der Waals surface area contributed by atoms with Gasteiger partial charge in [0, 0.05) is 36.2 Å². The fourth-order valence-corrected chi connectivity index (χ4v) is 4.46. The maximum atomic E-state index is 12.1. The summed E-state index contributed by atoms with van der Waals surface area (Å²) in [4.78, 5) is 18.8. The molecule has 2 atom stereocenters. The topological polar surface area (TPSA) is 62.2 Å². The lowest BCUT2D eigenvalue weighted by atomic mass is 10.0. The van der Waals surface area contributed by atoms with E-state index in [1.807, 2.05) is 50.2 Å². The van der Waals surface area contributed by atoms with Gasteiger partial charge in [0.25, 0.3) is 0 Å². The number of nitrogens with one attached hydrogen (secondary N) is 2. The van der Waals surface area contributed by atoms with E-state index in [9.17, 15) is 4.79 Å². The van der Waals surface area contributed by atoms with Gasteiger partial charge in [-0.2, -0.15) is 0 Å². The number of aryl methyl sites for hydroxylation is 1. The van der Waals surface area contributed by atoms with Crippen LogP contribution in [0.1, 0.15) is 43.0 Å². The van der Waals surface area contributed by atoms with E-state index < -0.39 is 0 Å².